The van der Waals surface area contributed by atoms with Crippen molar-refractivity contribution in [2.75, 3.05) is 5.32 Å². The summed E-state index contributed by atoms with van der Waals surface area (Å²) in [5.74, 6) is -2.29. The fourth-order valence-corrected chi connectivity index (χ4v) is 2.54. The molecule has 2 heterocycles. The van der Waals surface area contributed by atoms with Gasteiger partial charge in [-0.05, 0) is 37.9 Å². The van der Waals surface area contributed by atoms with E-state index in [9.17, 15) is 9.59 Å². The number of nitrogens with one attached hydrogen (secondary N) is 1. The average Bonchev–Trinajstić information content (AvgIpc) is 2.28. The van der Waals surface area contributed by atoms with Gasteiger partial charge in [-0.1, -0.05) is 0 Å². The summed E-state index contributed by atoms with van der Waals surface area (Å²) < 4.78 is 11.4. The maximum atomic E-state index is 11.7. The number of rotatable bonds is 2. The van der Waals surface area contributed by atoms with Crippen LogP contribution in [0.5, 0.6) is 0 Å². The van der Waals surface area contributed by atoms with Crippen LogP contribution in [0.1, 0.15) is 13.8 Å². The van der Waals surface area contributed by atoms with Crippen molar-refractivity contribution in [1.82, 2.24) is 4.98 Å². The number of hydrogen-bond acceptors (Lipinski definition) is 6. The lowest BCUT2D eigenvalue weighted by atomic mass is 10.2. The standard InChI is InChI=1S/C12H10Br2N2O4/c1-12(2)19-10(17)7(11(18)20-12)5-16-9-8(14)3-6(13)4-15-9/h3-5H,1-2H3,(H,15,16). The van der Waals surface area contributed by atoms with Crippen LogP contribution in [-0.2, 0) is 19.1 Å². The number of pyridine rings is 1. The summed E-state index contributed by atoms with van der Waals surface area (Å²) >= 11 is 6.58. The van der Waals surface area contributed by atoms with Gasteiger partial charge in [0.1, 0.15) is 5.82 Å². The van der Waals surface area contributed by atoms with E-state index in [1.807, 2.05) is 0 Å². The van der Waals surface area contributed by atoms with Gasteiger partial charge in [-0.25, -0.2) is 14.6 Å². The molecule has 0 bridgehead atoms. The molecule has 0 spiro atoms. The van der Waals surface area contributed by atoms with Crippen molar-refractivity contribution in [2.24, 2.45) is 0 Å². The quantitative estimate of drug-likeness (QED) is 0.463. The topological polar surface area (TPSA) is 77.5 Å². The Labute approximate surface area is 131 Å². The summed E-state index contributed by atoms with van der Waals surface area (Å²) in [4.78, 5) is 27.5. The van der Waals surface area contributed by atoms with Crippen LogP contribution in [0.2, 0.25) is 0 Å². The van der Waals surface area contributed by atoms with Gasteiger partial charge in [0.2, 0.25) is 0 Å². The molecule has 1 aliphatic rings. The third kappa shape index (κ3) is 3.37. The summed E-state index contributed by atoms with van der Waals surface area (Å²) in [5, 5.41) is 2.76. The molecule has 0 aromatic carbocycles. The summed E-state index contributed by atoms with van der Waals surface area (Å²) in [5.41, 5.74) is -0.221. The fourth-order valence-electron chi connectivity index (χ4n) is 1.44. The summed E-state index contributed by atoms with van der Waals surface area (Å²) in [6.07, 6.45) is 2.78. The molecule has 2 rings (SSSR count). The second-order valence-electron chi connectivity index (χ2n) is 4.37. The molecule has 0 aliphatic carbocycles. The number of anilines is 1. The number of carbonyl (C=O) groups excluding carboxylic acids is 2. The van der Waals surface area contributed by atoms with Gasteiger partial charge in [-0.2, -0.15) is 0 Å². The molecule has 1 N–H and O–H groups in total. The maximum absolute atomic E-state index is 11.7. The molecule has 1 saturated heterocycles. The van der Waals surface area contributed by atoms with E-state index in [1.165, 1.54) is 20.0 Å². The number of carbonyl (C=O) groups is 2. The van der Waals surface area contributed by atoms with Crippen molar-refractivity contribution in [3.05, 3.63) is 33.0 Å². The van der Waals surface area contributed by atoms with Crippen LogP contribution in [0.3, 0.4) is 0 Å². The summed E-state index contributed by atoms with van der Waals surface area (Å²) in [6, 6.07) is 1.77. The molecular weight excluding hydrogens is 396 g/mol. The largest absolute Gasteiger partial charge is 0.419 e. The first-order valence-electron chi connectivity index (χ1n) is 5.53. The zero-order valence-corrected chi connectivity index (χ0v) is 13.7. The highest BCUT2D eigenvalue weighted by Gasteiger charge is 2.38. The van der Waals surface area contributed by atoms with Crippen LogP contribution in [-0.4, -0.2) is 22.7 Å². The number of halogens is 2. The van der Waals surface area contributed by atoms with E-state index < -0.39 is 17.7 Å². The van der Waals surface area contributed by atoms with E-state index in [-0.39, 0.29) is 5.57 Å². The first-order chi connectivity index (χ1) is 9.28. The molecule has 6 nitrogen and oxygen atoms in total. The van der Waals surface area contributed by atoms with Crippen LogP contribution >= 0.6 is 31.9 Å². The van der Waals surface area contributed by atoms with Crippen molar-refractivity contribution in [1.29, 1.82) is 0 Å². The van der Waals surface area contributed by atoms with Crippen LogP contribution in [0, 0.1) is 0 Å². The maximum Gasteiger partial charge on any atom is 0.350 e. The van der Waals surface area contributed by atoms with Gasteiger partial charge < -0.3 is 14.8 Å². The van der Waals surface area contributed by atoms with E-state index in [1.54, 1.807) is 12.3 Å². The molecule has 1 aliphatic heterocycles. The molecule has 0 atom stereocenters. The van der Waals surface area contributed by atoms with E-state index >= 15 is 0 Å². The van der Waals surface area contributed by atoms with Gasteiger partial charge in [0.25, 0.3) is 5.79 Å². The molecule has 1 aromatic heterocycles. The van der Waals surface area contributed by atoms with Crippen molar-refractivity contribution in [3.8, 4) is 0 Å². The Morgan fingerprint density at radius 3 is 2.40 bits per heavy atom. The zero-order valence-electron chi connectivity index (χ0n) is 10.6. The van der Waals surface area contributed by atoms with Gasteiger partial charge in [0.15, 0.2) is 5.57 Å². The predicted octanol–water partition coefficient (Wildman–Crippen LogP) is 2.74. The number of esters is 2. The number of ether oxygens (including phenoxy) is 2. The van der Waals surface area contributed by atoms with Crippen LogP contribution in [0.25, 0.3) is 0 Å². The van der Waals surface area contributed by atoms with Crippen molar-refractivity contribution in [2.45, 2.75) is 19.6 Å². The fraction of sp³-hybridized carbons (Fsp3) is 0.250. The Bertz CT molecular complexity index is 591. The van der Waals surface area contributed by atoms with Gasteiger partial charge >= 0.3 is 11.9 Å². The van der Waals surface area contributed by atoms with E-state index in [0.717, 1.165) is 4.47 Å². The number of cyclic esters (lactones) is 2. The second kappa shape index (κ2) is 5.53. The lowest BCUT2D eigenvalue weighted by molar-refractivity contribution is -0.222. The average molecular weight is 406 g/mol. The van der Waals surface area contributed by atoms with Gasteiger partial charge in [-0.15, -0.1) is 0 Å². The zero-order chi connectivity index (χ0) is 14.9. The lowest BCUT2D eigenvalue weighted by Crippen LogP contribution is -2.42. The van der Waals surface area contributed by atoms with Crippen molar-refractivity contribution < 1.29 is 19.1 Å². The minimum absolute atomic E-state index is 0.221. The molecule has 20 heavy (non-hydrogen) atoms. The smallest absolute Gasteiger partial charge is 0.350 e. The first-order valence-corrected chi connectivity index (χ1v) is 7.11. The van der Waals surface area contributed by atoms with Crippen molar-refractivity contribution >= 4 is 49.6 Å². The Morgan fingerprint density at radius 1 is 1.25 bits per heavy atom. The molecular formula is C12H10Br2N2O4. The van der Waals surface area contributed by atoms with Crippen molar-refractivity contribution in [3.63, 3.8) is 0 Å². The molecule has 0 amide bonds. The SMILES string of the molecule is CC1(C)OC(=O)C(=CNc2ncc(Br)cc2Br)C(=O)O1. The van der Waals surface area contributed by atoms with Gasteiger partial charge in [-0.3, -0.25) is 0 Å². The summed E-state index contributed by atoms with van der Waals surface area (Å²) in [6.45, 7) is 2.97. The van der Waals surface area contributed by atoms with E-state index in [2.05, 4.69) is 42.2 Å². The molecule has 0 unspecified atom stereocenters. The minimum Gasteiger partial charge on any atom is -0.419 e. The van der Waals surface area contributed by atoms with Crippen LogP contribution in [0.15, 0.2) is 33.0 Å². The Kier molecular flexibility index (Phi) is 4.14. The number of aromatic nitrogens is 1. The van der Waals surface area contributed by atoms with Gasteiger partial charge in [0, 0.05) is 30.7 Å². The third-order valence-corrected chi connectivity index (χ3v) is 3.32. The lowest BCUT2D eigenvalue weighted by Gasteiger charge is -2.29. The van der Waals surface area contributed by atoms with Crippen LogP contribution < -0.4 is 5.32 Å². The monoisotopic (exact) mass is 404 g/mol. The highest BCUT2D eigenvalue weighted by molar-refractivity contribution is 9.11. The minimum atomic E-state index is -1.25. The van der Waals surface area contributed by atoms with Gasteiger partial charge in [0.05, 0.1) is 4.47 Å². The Hall–Kier alpha value is -1.41. The van der Waals surface area contributed by atoms with E-state index in [4.69, 9.17) is 9.47 Å². The second-order valence-corrected chi connectivity index (χ2v) is 6.14. The Morgan fingerprint density at radius 2 is 1.85 bits per heavy atom. The molecule has 8 heteroatoms. The highest BCUT2D eigenvalue weighted by atomic mass is 79.9. The predicted molar refractivity (Wildman–Crippen MR) is 77.6 cm³/mol. The highest BCUT2D eigenvalue weighted by Crippen LogP contribution is 2.25. The molecule has 1 fully saturated rings. The molecule has 1 aromatic rings. The normalized spacial score (nSPS) is 17.3. The number of hydrogen-bond donors (Lipinski definition) is 1. The third-order valence-electron chi connectivity index (χ3n) is 2.28. The number of nitrogens with zero attached hydrogens (tertiary/aromatic N) is 1. The molecule has 106 valence electrons. The first kappa shape index (κ1) is 15.0. The Balaban J connectivity index is 2.19. The summed E-state index contributed by atoms with van der Waals surface area (Å²) in [7, 11) is 0. The van der Waals surface area contributed by atoms with Crippen LogP contribution in [0.4, 0.5) is 5.82 Å². The van der Waals surface area contributed by atoms with E-state index in [0.29, 0.717) is 10.3 Å². The molecule has 0 saturated carbocycles. The molecule has 0 radical (unpaired) electrons.